The summed E-state index contributed by atoms with van der Waals surface area (Å²) in [6, 6.07) is 20.6. The van der Waals surface area contributed by atoms with Crippen molar-refractivity contribution in [2.75, 3.05) is 13.7 Å². The van der Waals surface area contributed by atoms with E-state index >= 15 is 0 Å². The van der Waals surface area contributed by atoms with Gasteiger partial charge in [-0.2, -0.15) is 0 Å². The van der Waals surface area contributed by atoms with Crippen molar-refractivity contribution in [3.63, 3.8) is 0 Å². The highest BCUT2D eigenvalue weighted by atomic mass is 127. The predicted molar refractivity (Wildman–Crippen MR) is 176 cm³/mol. The van der Waals surface area contributed by atoms with Crippen molar-refractivity contribution in [3.8, 4) is 11.5 Å². The van der Waals surface area contributed by atoms with Crippen LogP contribution in [0.25, 0.3) is 6.08 Å². The van der Waals surface area contributed by atoms with Crippen molar-refractivity contribution in [2.24, 2.45) is 4.99 Å². The van der Waals surface area contributed by atoms with Gasteiger partial charge in [0.1, 0.15) is 24.1 Å². The van der Waals surface area contributed by atoms with E-state index in [9.17, 15) is 9.59 Å². The van der Waals surface area contributed by atoms with Gasteiger partial charge in [0, 0.05) is 9.13 Å². The molecule has 10 heteroatoms. The molecule has 0 N–H and O–H groups in total. The van der Waals surface area contributed by atoms with Crippen molar-refractivity contribution in [1.82, 2.24) is 4.57 Å². The maximum Gasteiger partial charge on any atom is 0.338 e. The zero-order chi connectivity index (χ0) is 29.1. The topological polar surface area (TPSA) is 79.1 Å². The van der Waals surface area contributed by atoms with Crippen LogP contribution in [0.1, 0.15) is 36.6 Å². The van der Waals surface area contributed by atoms with Crippen molar-refractivity contribution in [2.45, 2.75) is 26.5 Å². The summed E-state index contributed by atoms with van der Waals surface area (Å²) in [4.78, 5) is 32.1. The van der Waals surface area contributed by atoms with Crippen LogP contribution in [0.3, 0.4) is 0 Å². The molecule has 1 aromatic heterocycles. The molecule has 41 heavy (non-hydrogen) atoms. The van der Waals surface area contributed by atoms with Gasteiger partial charge in [0.25, 0.3) is 5.56 Å². The van der Waals surface area contributed by atoms with Gasteiger partial charge in [-0.3, -0.25) is 9.36 Å². The fourth-order valence-electron chi connectivity index (χ4n) is 4.59. The lowest BCUT2D eigenvalue weighted by atomic mass is 9.95. The van der Waals surface area contributed by atoms with Crippen LogP contribution in [-0.2, 0) is 16.1 Å². The molecule has 0 saturated heterocycles. The van der Waals surface area contributed by atoms with Crippen LogP contribution in [0.15, 0.2) is 87.8 Å². The first kappa shape index (κ1) is 29.5. The number of para-hydroxylation sites is 1. The van der Waals surface area contributed by atoms with E-state index in [-0.39, 0.29) is 12.2 Å². The quantitative estimate of drug-likeness (QED) is 0.172. The zero-order valence-electron chi connectivity index (χ0n) is 22.5. The summed E-state index contributed by atoms with van der Waals surface area (Å²) in [6.45, 7) is 4.17. The van der Waals surface area contributed by atoms with Gasteiger partial charge in [-0.05, 0) is 100 Å². The number of benzene rings is 3. The Morgan fingerprint density at radius 2 is 1.83 bits per heavy atom. The summed E-state index contributed by atoms with van der Waals surface area (Å²) in [5, 5.41) is 0. The van der Waals surface area contributed by atoms with Gasteiger partial charge in [-0.15, -0.1) is 0 Å². The van der Waals surface area contributed by atoms with E-state index in [0.29, 0.717) is 38.5 Å². The zero-order valence-corrected chi connectivity index (χ0v) is 27.7. The number of aromatic nitrogens is 1. The number of allylic oxidation sites excluding steroid dienone is 1. The number of ether oxygens (including phenoxy) is 3. The van der Waals surface area contributed by atoms with Gasteiger partial charge in [0.2, 0.25) is 0 Å². The molecule has 3 aromatic carbocycles. The second-order valence-electron chi connectivity index (χ2n) is 9.15. The maximum absolute atomic E-state index is 13.9. The van der Waals surface area contributed by atoms with E-state index in [1.807, 2.05) is 66.7 Å². The van der Waals surface area contributed by atoms with E-state index in [0.717, 1.165) is 24.0 Å². The smallest absolute Gasteiger partial charge is 0.338 e. The fraction of sp³-hybridized carbons (Fsp3) is 0.194. The Labute approximate surface area is 268 Å². The third-order valence-corrected chi connectivity index (χ3v) is 9.01. The Bertz CT molecular complexity index is 1830. The van der Waals surface area contributed by atoms with E-state index in [2.05, 4.69) is 56.2 Å². The predicted octanol–water partition coefficient (Wildman–Crippen LogP) is 5.60. The van der Waals surface area contributed by atoms with E-state index in [1.54, 1.807) is 25.5 Å². The number of carbonyl (C=O) groups excluding carboxylic acids is 1. The number of nitrogens with zero attached hydrogens (tertiary/aromatic N) is 2. The summed E-state index contributed by atoms with van der Waals surface area (Å²) in [5.74, 6) is 0.913. The van der Waals surface area contributed by atoms with Gasteiger partial charge in [0.15, 0.2) is 4.80 Å². The second-order valence-corrected chi connectivity index (χ2v) is 12.6. The Balaban J connectivity index is 1.50. The van der Waals surface area contributed by atoms with Gasteiger partial charge < -0.3 is 14.2 Å². The highest BCUT2D eigenvalue weighted by Crippen LogP contribution is 2.35. The van der Waals surface area contributed by atoms with Gasteiger partial charge in [0.05, 0.1) is 33.1 Å². The molecule has 0 unspecified atom stereocenters. The molecular formula is C31H26I2N2O5S. The van der Waals surface area contributed by atoms with Gasteiger partial charge >= 0.3 is 5.97 Å². The molecule has 1 atom stereocenters. The lowest BCUT2D eigenvalue weighted by molar-refractivity contribution is -0.139. The van der Waals surface area contributed by atoms with Crippen molar-refractivity contribution in [3.05, 3.63) is 122 Å². The molecule has 0 radical (unpaired) electrons. The molecule has 0 aliphatic carbocycles. The molecule has 0 saturated carbocycles. The number of esters is 1. The molecule has 0 amide bonds. The third-order valence-electron chi connectivity index (χ3n) is 6.52. The lowest BCUT2D eigenvalue weighted by Crippen LogP contribution is -2.40. The van der Waals surface area contributed by atoms with Crippen LogP contribution in [0.4, 0.5) is 0 Å². The van der Waals surface area contributed by atoms with Crippen LogP contribution >= 0.6 is 56.5 Å². The van der Waals surface area contributed by atoms with Crippen molar-refractivity contribution < 1.29 is 19.0 Å². The molecule has 0 bridgehead atoms. The second kappa shape index (κ2) is 12.9. The molecule has 0 fully saturated rings. The molecule has 210 valence electrons. The van der Waals surface area contributed by atoms with E-state index < -0.39 is 12.0 Å². The maximum atomic E-state index is 13.9. The number of fused-ring (bicyclic) bond motifs is 1. The molecule has 4 aromatic rings. The average molecular weight is 792 g/mol. The Morgan fingerprint density at radius 1 is 1.07 bits per heavy atom. The van der Waals surface area contributed by atoms with Crippen molar-refractivity contribution >= 4 is 68.6 Å². The summed E-state index contributed by atoms with van der Waals surface area (Å²) in [7, 11) is 1.57. The van der Waals surface area contributed by atoms with E-state index in [1.165, 1.54) is 11.3 Å². The minimum Gasteiger partial charge on any atom is -0.496 e. The van der Waals surface area contributed by atoms with Gasteiger partial charge in [-0.1, -0.05) is 53.8 Å². The molecular weight excluding hydrogens is 766 g/mol. The van der Waals surface area contributed by atoms with E-state index in [4.69, 9.17) is 14.2 Å². The highest BCUT2D eigenvalue weighted by Gasteiger charge is 2.34. The fourth-order valence-corrected chi connectivity index (χ4v) is 7.40. The van der Waals surface area contributed by atoms with Crippen LogP contribution < -0.4 is 24.4 Å². The number of methoxy groups -OCH3 is 1. The summed E-state index contributed by atoms with van der Waals surface area (Å²) >= 11 is 5.85. The Hall–Kier alpha value is -2.97. The van der Waals surface area contributed by atoms with Crippen LogP contribution in [0.2, 0.25) is 0 Å². The molecule has 1 aliphatic heterocycles. The number of hydrogen-bond donors (Lipinski definition) is 0. The number of carbonyl (C=O) groups is 1. The first-order valence-electron chi connectivity index (χ1n) is 12.8. The lowest BCUT2D eigenvalue weighted by Gasteiger charge is -2.25. The summed E-state index contributed by atoms with van der Waals surface area (Å²) < 4.78 is 21.3. The first-order valence-corrected chi connectivity index (χ1v) is 15.8. The largest absolute Gasteiger partial charge is 0.496 e. The molecule has 2 heterocycles. The molecule has 1 aliphatic rings. The minimum absolute atomic E-state index is 0.212. The van der Waals surface area contributed by atoms with Crippen molar-refractivity contribution in [1.29, 1.82) is 0 Å². The monoisotopic (exact) mass is 792 g/mol. The number of thiazole rings is 1. The standard InChI is InChI=1S/C31H26I2N2O5S/c1-4-39-30(37)27-18(2)34-31-35(28(27)22-7-5-6-8-24(22)38-3)29(36)26(41-31)15-19-9-11-20(12-10-19)17-40-25-14-13-21(32)16-23(25)33/h5-16,28H,4,17H2,1-3H3/b26-15-/t28-/m0/s1. The van der Waals surface area contributed by atoms with Crippen LogP contribution in [0, 0.1) is 7.14 Å². The SMILES string of the molecule is CCOC(=O)C1=C(C)N=c2s/c(=C\c3ccc(COc4ccc(I)cc4I)cc3)c(=O)n2[C@H]1c1ccccc1OC. The highest BCUT2D eigenvalue weighted by molar-refractivity contribution is 14.1. The number of hydrogen-bond acceptors (Lipinski definition) is 7. The first-order chi connectivity index (χ1) is 19.8. The minimum atomic E-state index is -0.729. The molecule has 7 nitrogen and oxygen atoms in total. The van der Waals surface area contributed by atoms with Gasteiger partial charge in [-0.25, -0.2) is 9.79 Å². The molecule has 0 spiro atoms. The third kappa shape index (κ3) is 6.28. The Kier molecular flexibility index (Phi) is 9.29. The number of rotatable bonds is 8. The van der Waals surface area contributed by atoms with Crippen LogP contribution in [-0.4, -0.2) is 24.3 Å². The summed E-state index contributed by atoms with van der Waals surface area (Å²) in [6.07, 6.45) is 1.85. The molecule has 5 rings (SSSR count). The average Bonchev–Trinajstić information content (AvgIpc) is 3.26. The summed E-state index contributed by atoms with van der Waals surface area (Å²) in [5.41, 5.74) is 3.18. The Morgan fingerprint density at radius 3 is 2.54 bits per heavy atom. The number of halogens is 2. The normalized spacial score (nSPS) is 14.9. The van der Waals surface area contributed by atoms with Crippen LogP contribution in [0.5, 0.6) is 11.5 Å².